The molecule has 41 heavy (non-hydrogen) atoms. The van der Waals surface area contributed by atoms with Gasteiger partial charge in [0.1, 0.15) is 37.1 Å². The molecule has 7 atom stereocenters. The first-order valence-corrected chi connectivity index (χ1v) is 13.4. The van der Waals surface area contributed by atoms with Crippen molar-refractivity contribution in [2.75, 3.05) is 19.7 Å². The summed E-state index contributed by atoms with van der Waals surface area (Å²) < 4.78 is 39.4. The maximum absolute atomic E-state index is 14.7. The highest BCUT2D eigenvalue weighted by Crippen LogP contribution is 2.42. The lowest BCUT2D eigenvalue weighted by Crippen LogP contribution is -2.68. The zero-order valence-electron chi connectivity index (χ0n) is 22.4. The second-order valence-electron chi connectivity index (χ2n) is 10.3. The SMILES string of the molecule is [NH3+][C@@H](CCCCNC(=O)C(F)(F)[C@]1(O)O[C@@H]([C@@H](O)CO)C(O)C1O)C(=O)N1CCC[C@H]1C(=O)OCc1ccccc1. The van der Waals surface area contributed by atoms with Gasteiger partial charge < -0.3 is 51.0 Å². The van der Waals surface area contributed by atoms with Crippen LogP contribution in [0, 0.1) is 0 Å². The Balaban J connectivity index is 1.43. The van der Waals surface area contributed by atoms with Crippen LogP contribution < -0.4 is 11.1 Å². The molecule has 0 radical (unpaired) electrons. The van der Waals surface area contributed by atoms with Gasteiger partial charge in [0.05, 0.1) is 6.61 Å². The molecule has 0 saturated carbocycles. The van der Waals surface area contributed by atoms with Crippen molar-refractivity contribution in [3.8, 4) is 0 Å². The highest BCUT2D eigenvalue weighted by Gasteiger charge is 2.71. The van der Waals surface area contributed by atoms with E-state index < -0.39 is 66.7 Å². The third-order valence-corrected chi connectivity index (χ3v) is 7.32. The predicted octanol–water partition coefficient (Wildman–Crippen LogP) is -2.58. The maximum Gasteiger partial charge on any atom is 0.379 e. The van der Waals surface area contributed by atoms with E-state index in [0.29, 0.717) is 25.8 Å². The van der Waals surface area contributed by atoms with E-state index in [1.165, 1.54) is 4.90 Å². The fraction of sp³-hybridized carbons (Fsp3) is 0.654. The second-order valence-corrected chi connectivity index (χ2v) is 10.3. The van der Waals surface area contributed by atoms with Gasteiger partial charge in [-0.15, -0.1) is 0 Å². The first-order chi connectivity index (χ1) is 19.3. The molecular formula is C26H38F2N3O10+. The molecule has 13 nitrogen and oxygen atoms in total. The Morgan fingerprint density at radius 3 is 2.56 bits per heavy atom. The molecule has 1 aromatic carbocycles. The Morgan fingerprint density at radius 1 is 1.22 bits per heavy atom. The van der Waals surface area contributed by atoms with Crippen LogP contribution in [0.5, 0.6) is 0 Å². The molecule has 0 bridgehead atoms. The monoisotopic (exact) mass is 590 g/mol. The van der Waals surface area contributed by atoms with Gasteiger partial charge in [0.25, 0.3) is 17.6 Å². The predicted molar refractivity (Wildman–Crippen MR) is 134 cm³/mol. The van der Waals surface area contributed by atoms with Gasteiger partial charge in [-0.1, -0.05) is 30.3 Å². The normalized spacial score (nSPS) is 27.9. The number of nitrogens with zero attached hydrogens (tertiary/aromatic N) is 1. The summed E-state index contributed by atoms with van der Waals surface area (Å²) in [6.07, 6.45) is -6.93. The molecule has 2 aliphatic heterocycles. The number of hydrogen-bond donors (Lipinski definition) is 7. The summed E-state index contributed by atoms with van der Waals surface area (Å²) in [6, 6.07) is 7.68. The quantitative estimate of drug-likeness (QED) is 0.0941. The number of unbranched alkanes of at least 4 members (excludes halogenated alkanes) is 1. The van der Waals surface area contributed by atoms with Gasteiger partial charge in [0.2, 0.25) is 0 Å². The fourth-order valence-electron chi connectivity index (χ4n) is 4.88. The van der Waals surface area contributed by atoms with Crippen LogP contribution >= 0.6 is 0 Å². The largest absolute Gasteiger partial charge is 0.459 e. The van der Waals surface area contributed by atoms with E-state index in [1.54, 1.807) is 0 Å². The van der Waals surface area contributed by atoms with E-state index >= 15 is 0 Å². The number of hydrogen-bond acceptors (Lipinski definition) is 10. The standard InChI is InChI=1S/C26H37F2N3O10/c27-25(28,26(39)21(35)19(34)20(41-26)18(33)13-32)24(38)30-11-5-4-9-16(29)22(36)31-12-6-10-17(31)23(37)40-14-15-7-2-1-3-8-15/h1-3,7-8,16-21,32-35,39H,4-6,9-14,29H2,(H,30,38)/p+1/t16-,17-,18-,19?,20-,21?,26+/m0/s1. The molecular weight excluding hydrogens is 552 g/mol. The van der Waals surface area contributed by atoms with Gasteiger partial charge in [-0.05, 0) is 31.2 Å². The third-order valence-electron chi connectivity index (χ3n) is 7.32. The Bertz CT molecular complexity index is 1050. The molecule has 2 heterocycles. The molecule has 0 aromatic heterocycles. The molecule has 2 aliphatic rings. The fourth-order valence-corrected chi connectivity index (χ4v) is 4.88. The van der Waals surface area contributed by atoms with Gasteiger partial charge in [0.15, 0.2) is 6.04 Å². The minimum absolute atomic E-state index is 0.0883. The van der Waals surface area contributed by atoms with Crippen molar-refractivity contribution in [2.45, 2.75) is 86.9 Å². The molecule has 230 valence electrons. The van der Waals surface area contributed by atoms with Gasteiger partial charge in [-0.2, -0.15) is 8.78 Å². The number of likely N-dealkylation sites (tertiary alicyclic amines) is 1. The minimum atomic E-state index is -4.73. The Morgan fingerprint density at radius 2 is 1.90 bits per heavy atom. The zero-order chi connectivity index (χ0) is 30.4. The van der Waals surface area contributed by atoms with Crippen molar-refractivity contribution in [3.63, 3.8) is 0 Å². The highest BCUT2D eigenvalue weighted by atomic mass is 19.3. The van der Waals surface area contributed by atoms with Crippen molar-refractivity contribution >= 4 is 17.8 Å². The molecule has 15 heteroatoms. The van der Waals surface area contributed by atoms with E-state index in [0.717, 1.165) is 5.56 Å². The third kappa shape index (κ3) is 7.17. The Hall–Kier alpha value is -2.79. The van der Waals surface area contributed by atoms with Crippen molar-refractivity contribution in [1.82, 2.24) is 10.2 Å². The van der Waals surface area contributed by atoms with E-state index in [4.69, 9.17) is 9.84 Å². The summed E-state index contributed by atoms with van der Waals surface area (Å²) in [5.74, 6) is -11.4. The first kappa shape index (κ1) is 32.7. The topological polar surface area (TPSA) is 214 Å². The summed E-state index contributed by atoms with van der Waals surface area (Å²) in [4.78, 5) is 39.1. The summed E-state index contributed by atoms with van der Waals surface area (Å²) in [6.45, 7) is -0.840. The summed E-state index contributed by atoms with van der Waals surface area (Å²) in [5, 5.41) is 50.4. The first-order valence-electron chi connectivity index (χ1n) is 13.4. The number of quaternary nitrogens is 1. The van der Waals surface area contributed by atoms with Crippen LogP contribution in [0.3, 0.4) is 0 Å². The van der Waals surface area contributed by atoms with Crippen LogP contribution in [0.2, 0.25) is 0 Å². The smallest absolute Gasteiger partial charge is 0.379 e. The number of rotatable bonds is 13. The van der Waals surface area contributed by atoms with E-state index in [-0.39, 0.29) is 31.9 Å². The Labute approximate surface area is 234 Å². The number of alkyl halides is 2. The van der Waals surface area contributed by atoms with Gasteiger partial charge in [0, 0.05) is 19.5 Å². The average molecular weight is 591 g/mol. The molecule has 2 amide bonds. The second kappa shape index (κ2) is 13.9. The number of nitrogens with one attached hydrogen (secondary N) is 1. The number of aliphatic hydroxyl groups is 5. The number of amides is 2. The highest BCUT2D eigenvalue weighted by molar-refractivity contribution is 5.87. The van der Waals surface area contributed by atoms with Crippen molar-refractivity contribution in [1.29, 1.82) is 0 Å². The lowest BCUT2D eigenvalue weighted by atomic mass is 9.97. The summed E-state index contributed by atoms with van der Waals surface area (Å²) >= 11 is 0. The molecule has 0 aliphatic carbocycles. The average Bonchev–Trinajstić information content (AvgIpc) is 3.55. The lowest BCUT2D eigenvalue weighted by Gasteiger charge is -2.33. The van der Waals surface area contributed by atoms with Crippen LogP contribution in [0.15, 0.2) is 30.3 Å². The van der Waals surface area contributed by atoms with E-state index in [1.807, 2.05) is 35.6 Å². The molecule has 2 saturated heterocycles. The molecule has 2 unspecified atom stereocenters. The maximum atomic E-state index is 14.7. The number of esters is 1. The minimum Gasteiger partial charge on any atom is -0.459 e. The van der Waals surface area contributed by atoms with E-state index in [9.17, 15) is 43.6 Å². The van der Waals surface area contributed by atoms with Gasteiger partial charge in [-0.25, -0.2) is 4.79 Å². The molecule has 2 fully saturated rings. The zero-order valence-corrected chi connectivity index (χ0v) is 22.4. The lowest BCUT2D eigenvalue weighted by molar-refractivity contribution is -0.407. The molecule has 1 aromatic rings. The molecule has 0 spiro atoms. The number of aliphatic hydroxyl groups excluding tert-OH is 4. The van der Waals surface area contributed by atoms with Crippen LogP contribution in [0.1, 0.15) is 37.7 Å². The van der Waals surface area contributed by atoms with Crippen molar-refractivity contribution in [2.24, 2.45) is 0 Å². The van der Waals surface area contributed by atoms with Crippen molar-refractivity contribution in [3.05, 3.63) is 35.9 Å². The number of ether oxygens (including phenoxy) is 2. The van der Waals surface area contributed by atoms with Crippen molar-refractivity contribution < 1.29 is 63.9 Å². The number of carbonyl (C=O) groups is 3. The van der Waals surface area contributed by atoms with Gasteiger partial charge >= 0.3 is 11.9 Å². The summed E-state index contributed by atoms with van der Waals surface area (Å²) in [5.41, 5.74) is 4.68. The van der Waals surface area contributed by atoms with Crippen LogP contribution in [0.4, 0.5) is 8.78 Å². The number of benzene rings is 1. The number of carbonyl (C=O) groups excluding carboxylic acids is 3. The summed E-state index contributed by atoms with van der Waals surface area (Å²) in [7, 11) is 0. The molecule has 9 N–H and O–H groups in total. The van der Waals surface area contributed by atoms with Gasteiger partial charge in [-0.3, -0.25) is 9.59 Å². The molecule has 3 rings (SSSR count). The van der Waals surface area contributed by atoms with Crippen LogP contribution in [-0.4, -0.2) is 116 Å². The number of halogens is 2. The van der Waals surface area contributed by atoms with E-state index in [2.05, 4.69) is 10.5 Å². The van der Waals surface area contributed by atoms with Crippen LogP contribution in [-0.2, 0) is 30.5 Å². The van der Waals surface area contributed by atoms with Crippen LogP contribution in [0.25, 0.3) is 0 Å². The Kier molecular flexibility index (Phi) is 11.1.